The quantitative estimate of drug-likeness (QED) is 0.676. The van der Waals surface area contributed by atoms with Crippen molar-refractivity contribution in [2.75, 3.05) is 5.32 Å². The normalized spacial score (nSPS) is 12.7. The lowest BCUT2D eigenvalue weighted by molar-refractivity contribution is -0.274. The molecule has 2 rings (SSSR count). The van der Waals surface area contributed by atoms with Crippen LogP contribution in [0.1, 0.15) is 17.3 Å². The molecule has 0 heterocycles. The Balaban J connectivity index is 1.99. The van der Waals surface area contributed by atoms with Gasteiger partial charge in [0.1, 0.15) is 5.75 Å². The molecule has 0 aliphatic heterocycles. The SMILES string of the molecule is CC(OC(=O)c1ccc(OC(F)(F)F)cc1)C(=O)Nc1cccc(S(N)(=O)=O)c1. The van der Waals surface area contributed by atoms with Crippen LogP contribution < -0.4 is 15.2 Å². The highest BCUT2D eigenvalue weighted by atomic mass is 32.2. The fourth-order valence-corrected chi connectivity index (χ4v) is 2.63. The number of nitrogens with one attached hydrogen (secondary N) is 1. The summed E-state index contributed by atoms with van der Waals surface area (Å²) in [4.78, 5) is 23.9. The van der Waals surface area contributed by atoms with Crippen molar-refractivity contribution in [3.8, 4) is 5.75 Å². The van der Waals surface area contributed by atoms with Crippen molar-refractivity contribution < 1.29 is 40.7 Å². The lowest BCUT2D eigenvalue weighted by atomic mass is 10.2. The first-order chi connectivity index (χ1) is 13.3. The predicted octanol–water partition coefficient (Wildman–Crippen LogP) is 2.42. The number of carbonyl (C=O) groups is 2. The van der Waals surface area contributed by atoms with Crippen molar-refractivity contribution in [3.63, 3.8) is 0 Å². The number of ether oxygens (including phenoxy) is 2. The molecule has 1 unspecified atom stereocenters. The fourth-order valence-electron chi connectivity index (χ4n) is 2.07. The minimum atomic E-state index is -4.87. The number of sulfonamides is 1. The Morgan fingerprint density at radius 2 is 1.72 bits per heavy atom. The summed E-state index contributed by atoms with van der Waals surface area (Å²) in [5.74, 6) is -2.24. The molecule has 1 amide bonds. The van der Waals surface area contributed by atoms with Crippen LogP contribution in [0.4, 0.5) is 18.9 Å². The molecule has 156 valence electrons. The summed E-state index contributed by atoms with van der Waals surface area (Å²) in [6.45, 7) is 1.26. The second kappa shape index (κ2) is 8.49. The standard InChI is InChI=1S/C17H15F3N2O6S/c1-10(15(23)22-12-3-2-4-14(9-12)29(21,25)26)27-16(24)11-5-7-13(8-6-11)28-17(18,19)20/h2-10H,1H3,(H,22,23)(H2,21,25,26). The lowest BCUT2D eigenvalue weighted by Gasteiger charge is -2.14. The maximum Gasteiger partial charge on any atom is 0.573 e. The van der Waals surface area contributed by atoms with Gasteiger partial charge in [0.25, 0.3) is 5.91 Å². The van der Waals surface area contributed by atoms with E-state index in [-0.39, 0.29) is 16.1 Å². The number of hydrogen-bond donors (Lipinski definition) is 2. The number of halogens is 3. The Hall–Kier alpha value is -3.12. The average Bonchev–Trinajstić information content (AvgIpc) is 2.60. The number of carbonyl (C=O) groups excluding carboxylic acids is 2. The molecule has 29 heavy (non-hydrogen) atoms. The zero-order chi connectivity index (χ0) is 21.8. The van der Waals surface area contributed by atoms with Crippen LogP contribution in [-0.2, 0) is 19.6 Å². The van der Waals surface area contributed by atoms with Crippen LogP contribution in [0.2, 0.25) is 0 Å². The smallest absolute Gasteiger partial charge is 0.449 e. The molecule has 0 aromatic heterocycles. The molecule has 0 aliphatic carbocycles. The molecule has 0 saturated carbocycles. The van der Waals surface area contributed by atoms with Crippen LogP contribution in [0.25, 0.3) is 0 Å². The Morgan fingerprint density at radius 3 is 2.28 bits per heavy atom. The Kier molecular flexibility index (Phi) is 6.49. The van der Waals surface area contributed by atoms with Crippen molar-refractivity contribution in [2.24, 2.45) is 5.14 Å². The van der Waals surface area contributed by atoms with E-state index in [2.05, 4.69) is 10.1 Å². The molecule has 0 saturated heterocycles. The molecule has 0 radical (unpaired) electrons. The van der Waals surface area contributed by atoms with Crippen LogP contribution in [-0.4, -0.2) is 32.8 Å². The third-order valence-corrected chi connectivity index (χ3v) is 4.32. The van der Waals surface area contributed by atoms with Crippen molar-refractivity contribution >= 4 is 27.6 Å². The molecular weight excluding hydrogens is 417 g/mol. The number of anilines is 1. The zero-order valence-electron chi connectivity index (χ0n) is 14.8. The molecule has 2 aromatic rings. The van der Waals surface area contributed by atoms with Gasteiger partial charge in [-0.05, 0) is 49.4 Å². The number of esters is 1. The minimum Gasteiger partial charge on any atom is -0.449 e. The number of alkyl halides is 3. The second-order valence-electron chi connectivity index (χ2n) is 5.68. The monoisotopic (exact) mass is 432 g/mol. The van der Waals surface area contributed by atoms with Crippen LogP contribution in [0.15, 0.2) is 53.4 Å². The fraction of sp³-hybridized carbons (Fsp3) is 0.176. The van der Waals surface area contributed by atoms with Gasteiger partial charge in [-0.2, -0.15) is 0 Å². The Bertz CT molecular complexity index is 1010. The van der Waals surface area contributed by atoms with Gasteiger partial charge in [0, 0.05) is 5.69 Å². The van der Waals surface area contributed by atoms with Crippen molar-refractivity contribution in [1.29, 1.82) is 0 Å². The van der Waals surface area contributed by atoms with Gasteiger partial charge in [0.2, 0.25) is 10.0 Å². The summed E-state index contributed by atoms with van der Waals surface area (Å²) < 4.78 is 67.7. The van der Waals surface area contributed by atoms with E-state index in [4.69, 9.17) is 9.88 Å². The third-order valence-electron chi connectivity index (χ3n) is 3.41. The molecular formula is C17H15F3N2O6S. The summed E-state index contributed by atoms with van der Waals surface area (Å²) in [6.07, 6.45) is -6.15. The van der Waals surface area contributed by atoms with Gasteiger partial charge in [-0.15, -0.1) is 13.2 Å². The van der Waals surface area contributed by atoms with E-state index in [1.54, 1.807) is 0 Å². The van der Waals surface area contributed by atoms with Crippen molar-refractivity contribution in [3.05, 3.63) is 54.1 Å². The molecule has 12 heteroatoms. The maximum atomic E-state index is 12.1. The van der Waals surface area contributed by atoms with Crippen molar-refractivity contribution in [2.45, 2.75) is 24.3 Å². The third kappa shape index (κ3) is 6.76. The zero-order valence-corrected chi connectivity index (χ0v) is 15.6. The summed E-state index contributed by atoms with van der Waals surface area (Å²) in [7, 11) is -3.97. The summed E-state index contributed by atoms with van der Waals surface area (Å²) >= 11 is 0. The van der Waals surface area contributed by atoms with Crippen LogP contribution >= 0.6 is 0 Å². The summed E-state index contributed by atoms with van der Waals surface area (Å²) in [6, 6.07) is 9.06. The average molecular weight is 432 g/mol. The van der Waals surface area contributed by atoms with E-state index < -0.39 is 40.1 Å². The van der Waals surface area contributed by atoms with Gasteiger partial charge in [0.15, 0.2) is 6.10 Å². The highest BCUT2D eigenvalue weighted by Gasteiger charge is 2.31. The van der Waals surface area contributed by atoms with Gasteiger partial charge in [-0.25, -0.2) is 18.4 Å². The lowest BCUT2D eigenvalue weighted by Crippen LogP contribution is -2.30. The predicted molar refractivity (Wildman–Crippen MR) is 94.4 cm³/mol. The van der Waals surface area contributed by atoms with Gasteiger partial charge >= 0.3 is 12.3 Å². The summed E-state index contributed by atoms with van der Waals surface area (Å²) in [5, 5.41) is 7.37. The number of benzene rings is 2. The minimum absolute atomic E-state index is 0.101. The highest BCUT2D eigenvalue weighted by Crippen LogP contribution is 2.23. The van der Waals surface area contributed by atoms with E-state index in [1.807, 2.05) is 0 Å². The van der Waals surface area contributed by atoms with E-state index in [1.165, 1.54) is 25.1 Å². The molecule has 0 aliphatic rings. The Labute approximate surface area is 163 Å². The molecule has 1 atom stereocenters. The molecule has 0 fully saturated rings. The molecule has 3 N–H and O–H groups in total. The second-order valence-corrected chi connectivity index (χ2v) is 7.24. The molecule has 0 bridgehead atoms. The highest BCUT2D eigenvalue weighted by molar-refractivity contribution is 7.89. The molecule has 0 spiro atoms. The van der Waals surface area contributed by atoms with Crippen LogP contribution in [0, 0.1) is 0 Å². The number of rotatable bonds is 6. The largest absolute Gasteiger partial charge is 0.573 e. The number of hydrogen-bond acceptors (Lipinski definition) is 6. The van der Waals surface area contributed by atoms with E-state index in [0.29, 0.717) is 0 Å². The van der Waals surface area contributed by atoms with Gasteiger partial charge in [-0.3, -0.25) is 4.79 Å². The van der Waals surface area contributed by atoms with E-state index in [0.717, 1.165) is 30.3 Å². The number of amides is 1. The van der Waals surface area contributed by atoms with Crippen LogP contribution in [0.5, 0.6) is 5.75 Å². The molecule has 2 aromatic carbocycles. The van der Waals surface area contributed by atoms with E-state index in [9.17, 15) is 31.2 Å². The van der Waals surface area contributed by atoms with Crippen LogP contribution in [0.3, 0.4) is 0 Å². The van der Waals surface area contributed by atoms with Gasteiger partial charge in [-0.1, -0.05) is 6.07 Å². The topological polar surface area (TPSA) is 125 Å². The first kappa shape index (κ1) is 22.2. The van der Waals surface area contributed by atoms with Crippen molar-refractivity contribution in [1.82, 2.24) is 0 Å². The molecule has 8 nitrogen and oxygen atoms in total. The maximum absolute atomic E-state index is 12.1. The first-order valence-corrected chi connectivity index (χ1v) is 9.40. The Morgan fingerprint density at radius 1 is 1.10 bits per heavy atom. The first-order valence-electron chi connectivity index (χ1n) is 7.86. The van der Waals surface area contributed by atoms with E-state index >= 15 is 0 Å². The van der Waals surface area contributed by atoms with Gasteiger partial charge in [0.05, 0.1) is 10.5 Å². The van der Waals surface area contributed by atoms with Gasteiger partial charge < -0.3 is 14.8 Å². The number of primary sulfonamides is 1. The number of nitrogens with two attached hydrogens (primary N) is 1. The summed E-state index contributed by atoms with van der Waals surface area (Å²) in [5.41, 5.74) is 0.00785.